The normalized spacial score (nSPS) is 11.4. The number of fused-ring (bicyclic) bond motifs is 1. The SMILES string of the molecule is COc1cc2nc(/C(Cl)=C/c3ccc(OCc4ccncc4)cc3)[nH]c(=O)c2cc1OC. The third-order valence-electron chi connectivity index (χ3n) is 4.77. The lowest BCUT2D eigenvalue weighted by molar-refractivity contribution is 0.306. The molecule has 4 rings (SSSR count). The molecule has 0 bridgehead atoms. The first-order chi connectivity index (χ1) is 15.6. The number of H-pyrrole nitrogens is 1. The third-order valence-corrected chi connectivity index (χ3v) is 5.05. The van der Waals surface area contributed by atoms with E-state index < -0.39 is 0 Å². The zero-order chi connectivity index (χ0) is 22.5. The Kier molecular flexibility index (Phi) is 6.37. The van der Waals surface area contributed by atoms with E-state index in [1.807, 2.05) is 36.4 Å². The molecule has 7 nitrogen and oxygen atoms in total. The number of aromatic nitrogens is 3. The first-order valence-corrected chi connectivity index (χ1v) is 10.1. The van der Waals surface area contributed by atoms with Crippen LogP contribution in [0.15, 0.2) is 65.7 Å². The van der Waals surface area contributed by atoms with Gasteiger partial charge in [-0.2, -0.15) is 0 Å². The van der Waals surface area contributed by atoms with E-state index in [2.05, 4.69) is 15.0 Å². The van der Waals surface area contributed by atoms with E-state index in [9.17, 15) is 4.79 Å². The lowest BCUT2D eigenvalue weighted by atomic mass is 10.2. The fourth-order valence-electron chi connectivity index (χ4n) is 3.10. The molecule has 0 atom stereocenters. The number of pyridine rings is 1. The molecule has 2 heterocycles. The maximum atomic E-state index is 12.6. The zero-order valence-corrected chi connectivity index (χ0v) is 18.2. The second-order valence-corrected chi connectivity index (χ2v) is 7.25. The van der Waals surface area contributed by atoms with E-state index in [1.165, 1.54) is 14.2 Å². The number of aromatic amines is 1. The summed E-state index contributed by atoms with van der Waals surface area (Å²) in [5.41, 5.74) is 2.00. The second-order valence-electron chi connectivity index (χ2n) is 6.84. The van der Waals surface area contributed by atoms with Gasteiger partial charge in [-0.3, -0.25) is 9.78 Å². The zero-order valence-electron chi connectivity index (χ0n) is 17.5. The summed E-state index contributed by atoms with van der Waals surface area (Å²) in [6.45, 7) is 0.453. The molecule has 2 aromatic heterocycles. The molecular formula is C24H20ClN3O4. The molecule has 0 aliphatic carbocycles. The van der Waals surface area contributed by atoms with Gasteiger partial charge < -0.3 is 19.2 Å². The van der Waals surface area contributed by atoms with E-state index in [0.29, 0.717) is 34.0 Å². The number of benzene rings is 2. The van der Waals surface area contributed by atoms with E-state index in [-0.39, 0.29) is 11.4 Å². The standard InChI is InChI=1S/C24H20ClN3O4/c1-30-21-12-18-20(13-22(21)31-2)27-23(28-24(18)29)19(25)11-15-3-5-17(6-4-15)32-14-16-7-9-26-10-8-16/h3-13H,14H2,1-2H3,(H,27,28,29)/b19-11-. The van der Waals surface area contributed by atoms with Gasteiger partial charge in [-0.15, -0.1) is 0 Å². The Morgan fingerprint density at radius 2 is 1.72 bits per heavy atom. The van der Waals surface area contributed by atoms with Crippen LogP contribution in [0.4, 0.5) is 0 Å². The van der Waals surface area contributed by atoms with Crippen LogP contribution < -0.4 is 19.8 Å². The Balaban J connectivity index is 1.56. The maximum Gasteiger partial charge on any atom is 0.259 e. The van der Waals surface area contributed by atoms with Crippen molar-refractivity contribution >= 4 is 33.6 Å². The largest absolute Gasteiger partial charge is 0.493 e. The Morgan fingerprint density at radius 3 is 2.41 bits per heavy atom. The molecule has 0 aliphatic rings. The topological polar surface area (TPSA) is 86.3 Å². The predicted octanol–water partition coefficient (Wildman–Crippen LogP) is 4.65. The van der Waals surface area contributed by atoms with Gasteiger partial charge in [0.25, 0.3) is 5.56 Å². The van der Waals surface area contributed by atoms with Crippen molar-refractivity contribution in [3.63, 3.8) is 0 Å². The number of hydrogen-bond donors (Lipinski definition) is 1. The average Bonchev–Trinajstić information content (AvgIpc) is 2.83. The van der Waals surface area contributed by atoms with Gasteiger partial charge in [-0.1, -0.05) is 23.7 Å². The summed E-state index contributed by atoms with van der Waals surface area (Å²) in [6.07, 6.45) is 5.18. The lowest BCUT2D eigenvalue weighted by Crippen LogP contribution is -2.11. The molecule has 0 aliphatic heterocycles. The lowest BCUT2D eigenvalue weighted by Gasteiger charge is -2.09. The molecule has 0 saturated heterocycles. The van der Waals surface area contributed by atoms with Crippen LogP contribution >= 0.6 is 11.6 Å². The summed E-state index contributed by atoms with van der Waals surface area (Å²) in [4.78, 5) is 23.7. The van der Waals surface area contributed by atoms with Crippen molar-refractivity contribution in [1.82, 2.24) is 15.0 Å². The van der Waals surface area contributed by atoms with Crippen molar-refractivity contribution in [2.24, 2.45) is 0 Å². The van der Waals surface area contributed by atoms with E-state index >= 15 is 0 Å². The summed E-state index contributed by atoms with van der Waals surface area (Å²) in [6, 6.07) is 14.5. The number of nitrogens with one attached hydrogen (secondary N) is 1. The van der Waals surface area contributed by atoms with Crippen molar-refractivity contribution in [2.75, 3.05) is 14.2 Å². The van der Waals surface area contributed by atoms with Crippen molar-refractivity contribution in [1.29, 1.82) is 0 Å². The molecular weight excluding hydrogens is 430 g/mol. The molecule has 0 saturated carbocycles. The van der Waals surface area contributed by atoms with Gasteiger partial charge in [0.1, 0.15) is 12.4 Å². The van der Waals surface area contributed by atoms with E-state index in [0.717, 1.165) is 16.9 Å². The summed E-state index contributed by atoms with van der Waals surface area (Å²) in [7, 11) is 3.03. The number of ether oxygens (including phenoxy) is 3. The molecule has 32 heavy (non-hydrogen) atoms. The molecule has 0 fully saturated rings. The number of halogens is 1. The fourth-order valence-corrected chi connectivity index (χ4v) is 3.32. The van der Waals surface area contributed by atoms with Gasteiger partial charge in [-0.05, 0) is 47.5 Å². The van der Waals surface area contributed by atoms with Gasteiger partial charge in [0.2, 0.25) is 0 Å². The molecule has 1 N–H and O–H groups in total. The van der Waals surface area contributed by atoms with Gasteiger partial charge in [0.05, 0.1) is 30.2 Å². The van der Waals surface area contributed by atoms with Crippen LogP contribution in [0.2, 0.25) is 0 Å². The van der Waals surface area contributed by atoms with Crippen molar-refractivity contribution < 1.29 is 14.2 Å². The van der Waals surface area contributed by atoms with Crippen LogP contribution in [0.25, 0.3) is 22.0 Å². The number of rotatable bonds is 7. The molecule has 2 aromatic carbocycles. The Hall–Kier alpha value is -3.84. The summed E-state index contributed by atoms with van der Waals surface area (Å²) < 4.78 is 16.3. The van der Waals surface area contributed by atoms with Gasteiger partial charge in [0, 0.05) is 18.5 Å². The Labute approximate surface area is 189 Å². The Morgan fingerprint density at radius 1 is 1.03 bits per heavy atom. The highest BCUT2D eigenvalue weighted by Gasteiger charge is 2.12. The monoisotopic (exact) mass is 449 g/mol. The average molecular weight is 450 g/mol. The van der Waals surface area contributed by atoms with Gasteiger partial charge in [-0.25, -0.2) is 4.98 Å². The minimum Gasteiger partial charge on any atom is -0.493 e. The molecule has 0 unspecified atom stereocenters. The van der Waals surface area contributed by atoms with Crippen LogP contribution in [-0.2, 0) is 6.61 Å². The van der Waals surface area contributed by atoms with Crippen LogP contribution in [0, 0.1) is 0 Å². The number of nitrogens with zero attached hydrogens (tertiary/aromatic N) is 2. The highest BCUT2D eigenvalue weighted by atomic mass is 35.5. The third kappa shape index (κ3) is 4.73. The summed E-state index contributed by atoms with van der Waals surface area (Å²) in [5, 5.41) is 0.677. The maximum absolute atomic E-state index is 12.6. The molecule has 4 aromatic rings. The Bertz CT molecular complexity index is 1320. The molecule has 162 valence electrons. The van der Waals surface area contributed by atoms with Crippen molar-refractivity contribution in [2.45, 2.75) is 6.61 Å². The smallest absolute Gasteiger partial charge is 0.259 e. The number of methoxy groups -OCH3 is 2. The summed E-state index contributed by atoms with van der Waals surface area (Å²) >= 11 is 6.46. The van der Waals surface area contributed by atoms with Gasteiger partial charge >= 0.3 is 0 Å². The quantitative estimate of drug-likeness (QED) is 0.442. The molecule has 0 amide bonds. The molecule has 8 heteroatoms. The second kappa shape index (κ2) is 9.53. The van der Waals surface area contributed by atoms with Crippen LogP contribution in [0.1, 0.15) is 17.0 Å². The predicted molar refractivity (Wildman–Crippen MR) is 124 cm³/mol. The highest BCUT2D eigenvalue weighted by molar-refractivity contribution is 6.50. The fraction of sp³-hybridized carbons (Fsp3) is 0.125. The molecule has 0 radical (unpaired) electrons. The van der Waals surface area contributed by atoms with Crippen molar-refractivity contribution in [3.05, 3.63) is 88.2 Å². The van der Waals surface area contributed by atoms with Gasteiger partial charge in [0.15, 0.2) is 17.3 Å². The minimum absolute atomic E-state index is 0.259. The van der Waals surface area contributed by atoms with E-state index in [4.69, 9.17) is 25.8 Å². The number of hydrogen-bond acceptors (Lipinski definition) is 6. The van der Waals surface area contributed by atoms with Crippen LogP contribution in [0.3, 0.4) is 0 Å². The van der Waals surface area contributed by atoms with E-state index in [1.54, 1.807) is 30.6 Å². The molecule has 0 spiro atoms. The van der Waals surface area contributed by atoms with Crippen molar-refractivity contribution in [3.8, 4) is 17.2 Å². The van der Waals surface area contributed by atoms with Crippen LogP contribution in [-0.4, -0.2) is 29.2 Å². The van der Waals surface area contributed by atoms with Crippen LogP contribution in [0.5, 0.6) is 17.2 Å². The first-order valence-electron chi connectivity index (χ1n) is 9.73. The summed E-state index contributed by atoms with van der Waals surface area (Å²) in [5.74, 6) is 1.92. The first kappa shape index (κ1) is 21.4. The highest BCUT2D eigenvalue weighted by Crippen LogP contribution is 2.30. The minimum atomic E-state index is -0.322.